The van der Waals surface area contributed by atoms with E-state index in [2.05, 4.69) is 0 Å². The maximum atomic E-state index is 12.8. The van der Waals surface area contributed by atoms with Gasteiger partial charge >= 0.3 is 0 Å². The molecule has 3 aromatic rings. The van der Waals surface area contributed by atoms with Gasteiger partial charge in [-0.3, -0.25) is 14.5 Å². The van der Waals surface area contributed by atoms with Crippen molar-refractivity contribution in [3.05, 3.63) is 103 Å². The zero-order valence-corrected chi connectivity index (χ0v) is 19.6. The number of benzene rings is 3. The molecule has 1 saturated heterocycles. The first-order chi connectivity index (χ1) is 15.4. The number of rotatable bonds is 6. The van der Waals surface area contributed by atoms with Crippen LogP contribution in [0.1, 0.15) is 16.7 Å². The Morgan fingerprint density at radius 3 is 2.38 bits per heavy atom. The largest absolute Gasteiger partial charge is 0.489 e. The van der Waals surface area contributed by atoms with Gasteiger partial charge in [0.25, 0.3) is 11.1 Å². The summed E-state index contributed by atoms with van der Waals surface area (Å²) in [4.78, 5) is 26.7. The third-order valence-corrected chi connectivity index (χ3v) is 6.42. The van der Waals surface area contributed by atoms with E-state index in [9.17, 15) is 9.59 Å². The molecule has 0 unspecified atom stereocenters. The summed E-state index contributed by atoms with van der Waals surface area (Å²) in [7, 11) is 0. The van der Waals surface area contributed by atoms with Crippen molar-refractivity contribution in [1.29, 1.82) is 0 Å². The number of carbonyl (C=O) groups is 2. The molecular weight excluding hydrogens is 489 g/mol. The lowest BCUT2D eigenvalue weighted by molar-refractivity contribution is -0.123. The molecule has 0 aromatic heterocycles. The highest BCUT2D eigenvalue weighted by Crippen LogP contribution is 2.34. The molecule has 1 heterocycles. The van der Waals surface area contributed by atoms with Gasteiger partial charge in [0.2, 0.25) is 0 Å². The molecule has 4 nitrogen and oxygen atoms in total. The number of amides is 2. The predicted octanol–water partition coefficient (Wildman–Crippen LogP) is 7.46. The lowest BCUT2D eigenvalue weighted by Gasteiger charge is -2.13. The first-order valence-electron chi connectivity index (χ1n) is 9.55. The maximum Gasteiger partial charge on any atom is 0.293 e. The minimum Gasteiger partial charge on any atom is -0.489 e. The molecule has 0 spiro atoms. The number of carbonyl (C=O) groups excluding carboxylic acids is 2. The van der Waals surface area contributed by atoms with E-state index in [0.717, 1.165) is 22.9 Å². The fourth-order valence-electron chi connectivity index (χ4n) is 3.06. The van der Waals surface area contributed by atoms with E-state index < -0.39 is 0 Å². The van der Waals surface area contributed by atoms with Crippen LogP contribution in [0.4, 0.5) is 4.79 Å². The van der Waals surface area contributed by atoms with Crippen LogP contribution in [0.25, 0.3) is 6.08 Å². The van der Waals surface area contributed by atoms with Gasteiger partial charge in [-0.15, -0.1) is 0 Å². The Balaban J connectivity index is 1.42. The van der Waals surface area contributed by atoms with Gasteiger partial charge in [0.1, 0.15) is 12.4 Å². The molecule has 0 radical (unpaired) electrons. The highest BCUT2D eigenvalue weighted by Gasteiger charge is 2.35. The summed E-state index contributed by atoms with van der Waals surface area (Å²) in [6.07, 6.45) is 1.69. The van der Waals surface area contributed by atoms with Gasteiger partial charge in [-0.05, 0) is 70.9 Å². The molecule has 0 atom stereocenters. The van der Waals surface area contributed by atoms with E-state index in [4.69, 9.17) is 39.5 Å². The molecule has 3 aromatic carbocycles. The van der Waals surface area contributed by atoms with Crippen molar-refractivity contribution in [2.24, 2.45) is 0 Å². The van der Waals surface area contributed by atoms with Crippen LogP contribution in [0, 0.1) is 0 Å². The van der Waals surface area contributed by atoms with Crippen molar-refractivity contribution in [2.45, 2.75) is 13.2 Å². The van der Waals surface area contributed by atoms with Crippen molar-refractivity contribution in [1.82, 2.24) is 4.90 Å². The highest BCUT2D eigenvalue weighted by atomic mass is 35.5. The Labute approximate surface area is 204 Å². The summed E-state index contributed by atoms with van der Waals surface area (Å²) in [5.41, 5.74) is 2.41. The summed E-state index contributed by atoms with van der Waals surface area (Å²) in [5, 5.41) is 1.23. The van der Waals surface area contributed by atoms with Gasteiger partial charge in [0, 0.05) is 15.1 Å². The average Bonchev–Trinajstić information content (AvgIpc) is 3.02. The van der Waals surface area contributed by atoms with Crippen molar-refractivity contribution in [3.8, 4) is 5.75 Å². The molecule has 0 saturated carbocycles. The summed E-state index contributed by atoms with van der Waals surface area (Å²) in [6.45, 7) is 0.486. The highest BCUT2D eigenvalue weighted by molar-refractivity contribution is 8.18. The first-order valence-corrected chi connectivity index (χ1v) is 11.5. The molecule has 162 valence electrons. The molecule has 4 rings (SSSR count). The van der Waals surface area contributed by atoms with Crippen molar-refractivity contribution >= 4 is 63.8 Å². The predicted molar refractivity (Wildman–Crippen MR) is 130 cm³/mol. The lowest BCUT2D eigenvalue weighted by atomic mass is 10.2. The van der Waals surface area contributed by atoms with Crippen LogP contribution in [-0.4, -0.2) is 16.0 Å². The second-order valence-electron chi connectivity index (χ2n) is 6.99. The van der Waals surface area contributed by atoms with Crippen LogP contribution in [0.15, 0.2) is 71.6 Å². The molecule has 1 aliphatic heterocycles. The normalized spacial score (nSPS) is 15.0. The van der Waals surface area contributed by atoms with Crippen LogP contribution in [0.3, 0.4) is 0 Å². The number of nitrogens with zero attached hydrogens (tertiary/aromatic N) is 1. The van der Waals surface area contributed by atoms with E-state index in [1.807, 2.05) is 48.5 Å². The topological polar surface area (TPSA) is 46.6 Å². The van der Waals surface area contributed by atoms with Gasteiger partial charge in [-0.1, -0.05) is 65.1 Å². The summed E-state index contributed by atoms with van der Waals surface area (Å²) in [6, 6.07) is 19.7. The second kappa shape index (κ2) is 10.0. The van der Waals surface area contributed by atoms with Crippen molar-refractivity contribution in [2.75, 3.05) is 0 Å². The van der Waals surface area contributed by atoms with E-state index >= 15 is 0 Å². The van der Waals surface area contributed by atoms with E-state index in [0.29, 0.717) is 37.9 Å². The monoisotopic (exact) mass is 503 g/mol. The smallest absolute Gasteiger partial charge is 0.293 e. The molecule has 2 amide bonds. The fraction of sp³-hybridized carbons (Fsp3) is 0.0833. The van der Waals surface area contributed by atoms with E-state index in [1.54, 1.807) is 24.3 Å². The Morgan fingerprint density at radius 2 is 1.66 bits per heavy atom. The Bertz CT molecular complexity index is 1210. The maximum absolute atomic E-state index is 12.8. The molecule has 0 bridgehead atoms. The Kier molecular flexibility index (Phi) is 7.11. The molecular formula is C24H16Cl3NO3S. The minimum atomic E-state index is -0.354. The van der Waals surface area contributed by atoms with Gasteiger partial charge in [-0.2, -0.15) is 0 Å². The van der Waals surface area contributed by atoms with Crippen LogP contribution in [0.2, 0.25) is 15.1 Å². The standard InChI is InChI=1S/C24H16Cl3NO3S/c25-18-3-1-2-16(10-18)14-31-20-8-4-15(5-9-20)11-22-23(29)28(24(30)32-22)13-17-6-7-19(26)12-21(17)27/h1-12H,13-14H2/b22-11-. The van der Waals surface area contributed by atoms with E-state index in [1.165, 1.54) is 4.90 Å². The third kappa shape index (κ3) is 5.48. The van der Waals surface area contributed by atoms with E-state index in [-0.39, 0.29) is 17.7 Å². The molecule has 0 aliphatic carbocycles. The van der Waals surface area contributed by atoms with Crippen LogP contribution in [0.5, 0.6) is 5.75 Å². The fourth-order valence-corrected chi connectivity index (χ4v) is 4.58. The zero-order valence-electron chi connectivity index (χ0n) is 16.6. The molecule has 8 heteroatoms. The second-order valence-corrected chi connectivity index (χ2v) is 9.26. The van der Waals surface area contributed by atoms with Gasteiger partial charge in [0.15, 0.2) is 0 Å². The summed E-state index contributed by atoms with van der Waals surface area (Å²) in [5.74, 6) is 0.333. The number of imide groups is 1. The van der Waals surface area contributed by atoms with Crippen LogP contribution in [-0.2, 0) is 17.9 Å². The SMILES string of the molecule is O=C1S/C(=C\c2ccc(OCc3cccc(Cl)c3)cc2)C(=O)N1Cc1ccc(Cl)cc1Cl. The van der Waals surface area contributed by atoms with Crippen LogP contribution >= 0.6 is 46.6 Å². The summed E-state index contributed by atoms with van der Waals surface area (Å²) >= 11 is 19.0. The first kappa shape index (κ1) is 22.7. The van der Waals surface area contributed by atoms with Gasteiger partial charge < -0.3 is 4.74 Å². The van der Waals surface area contributed by atoms with Crippen molar-refractivity contribution < 1.29 is 14.3 Å². The Morgan fingerprint density at radius 1 is 0.906 bits per heavy atom. The lowest BCUT2D eigenvalue weighted by Crippen LogP contribution is -2.27. The van der Waals surface area contributed by atoms with Crippen LogP contribution < -0.4 is 4.74 Å². The minimum absolute atomic E-state index is 0.0916. The number of ether oxygens (including phenoxy) is 1. The number of hydrogen-bond donors (Lipinski definition) is 0. The quantitative estimate of drug-likeness (QED) is 0.327. The van der Waals surface area contributed by atoms with Gasteiger partial charge in [-0.25, -0.2) is 0 Å². The number of halogens is 3. The zero-order chi connectivity index (χ0) is 22.7. The molecule has 32 heavy (non-hydrogen) atoms. The van der Waals surface area contributed by atoms with Crippen molar-refractivity contribution in [3.63, 3.8) is 0 Å². The molecule has 1 aliphatic rings. The van der Waals surface area contributed by atoms with Gasteiger partial charge in [0.05, 0.1) is 11.4 Å². The summed E-state index contributed by atoms with van der Waals surface area (Å²) < 4.78 is 5.78. The number of thioether (sulfide) groups is 1. The number of hydrogen-bond acceptors (Lipinski definition) is 4. The molecule has 1 fully saturated rings. The Hall–Kier alpha value is -2.44. The third-order valence-electron chi connectivity index (χ3n) is 4.69. The average molecular weight is 505 g/mol. The molecule has 0 N–H and O–H groups in total.